The molecule has 16 rings (SSSR count). The summed E-state index contributed by atoms with van der Waals surface area (Å²) in [4.78, 5) is 61.8. The van der Waals surface area contributed by atoms with Gasteiger partial charge >= 0.3 is 27.2 Å². The highest BCUT2D eigenvalue weighted by atomic mass is 128. The largest absolute Gasteiger partial charge is 0.478 e. The molecule has 126 heavy (non-hydrogen) atoms. The average Bonchev–Trinajstić information content (AvgIpc) is 1.55. The zero-order chi connectivity index (χ0) is 91.1. The first-order valence-corrected chi connectivity index (χ1v) is 56.8. The number of piperidine rings is 4. The maximum Gasteiger partial charge on any atom is 0.353 e. The standard InChI is InChI=1S/C36H41ClN4O3S.C28H36N4.3C7H5ClO2.C2H6O2S.CH3ClO2S.ClHO3S.2ClH.I2/c1-25-38-32-10-6-7-11-33(32)41(25)30-23-28-13-14-29(24-30)40(28)21-18-36(26-8-4-3-5-9-26)16-19-39(20-17-36)35(42)31-22-27(37)12-15-34(31)45(2,43)44;1-21-30-26-9-5-6-10-27(26)32(21)25-19-23-11-12-24(20-25)31(23)18-15-28(13-16-29-17-14-28)22-7-3-2-4-8-22;3*8-6-3-1-2-5(4-6)7(9)10;3*1-5(2,3)4;;;1-2/h3-12,15,22,28-30H,13-14,16-21,23-24H2,1-2H3;2-10,23-25,29H,11-20H2,1H3;3*1-4H,(H,9,10);1-2H3;1H3;(H,2,3,4);2*1H;. The molecule has 4 atom stereocenters. The number of aromatic nitrogens is 4. The molecule has 0 saturated carbocycles. The third kappa shape index (κ3) is 33.1. The van der Waals surface area contributed by atoms with Gasteiger partial charge in [-0.2, -0.15) is 8.42 Å². The number of sulfone groups is 2. The number of aryl methyl sites for hydroxylation is 2. The van der Waals surface area contributed by atoms with Crippen molar-refractivity contribution in [1.29, 1.82) is 0 Å². The van der Waals surface area contributed by atoms with Gasteiger partial charge in [0.05, 0.1) is 55.5 Å². The lowest BCUT2D eigenvalue weighted by atomic mass is 9.70. The Hall–Kier alpha value is -6.00. The SMILES string of the molecule is CS(=O)(=O)Cl.CS(C)(=O)=O.Cc1nc2ccccc2n1C1CC2CCC(C1)N2CCC1(c2ccccc2)CCN(C(=O)c2cc(Cl)ccc2S(C)(=O)=O)CC1.Cc1nc2ccccc2n1C1CC2CCC(C1)N2CCC1(c2ccccc2)CCNCC1.Cl.Cl.II.O=C(O)c1cccc(Cl)c1.O=C(O)c1cccc(Cl)c1.O=C(O)c1cccc(Cl)c1.O=S(=O)(O)Cl. The van der Waals surface area contributed by atoms with Gasteiger partial charge in [0.15, 0.2) is 9.84 Å². The number of amides is 1. The van der Waals surface area contributed by atoms with Crippen molar-refractivity contribution in [3.05, 3.63) is 265 Å². The molecule has 8 heterocycles. The van der Waals surface area contributed by atoms with Crippen molar-refractivity contribution in [3.63, 3.8) is 0 Å². The molecule has 0 aliphatic carbocycles. The van der Waals surface area contributed by atoms with Crippen LogP contribution >= 0.6 is 130 Å². The van der Waals surface area contributed by atoms with Gasteiger partial charge in [0.2, 0.25) is 9.05 Å². The second-order valence-corrected chi connectivity index (χ2v) is 42.5. The van der Waals surface area contributed by atoms with E-state index in [9.17, 15) is 44.4 Å². The van der Waals surface area contributed by atoms with Gasteiger partial charge < -0.3 is 34.7 Å². The van der Waals surface area contributed by atoms with Gasteiger partial charge in [0, 0.05) is 147 Å². The number of carbonyl (C=O) groups excluding carboxylic acids is 1. The second-order valence-electron chi connectivity index (χ2n) is 31.5. The quantitative estimate of drug-likeness (QED) is 0.0361. The number of nitrogens with one attached hydrogen (secondary N) is 1. The smallest absolute Gasteiger partial charge is 0.353 e. The van der Waals surface area contributed by atoms with Gasteiger partial charge in [0.1, 0.15) is 21.5 Å². The highest BCUT2D eigenvalue weighted by Gasteiger charge is 2.46. The van der Waals surface area contributed by atoms with Crippen LogP contribution in [0.5, 0.6) is 0 Å². The Bertz CT molecular complexity index is 5510. The average molecular weight is 2200 g/mol. The fourth-order valence-corrected chi connectivity index (χ4v) is 19.2. The number of likely N-dealkylation sites (tertiary alicyclic amines) is 1. The van der Waals surface area contributed by atoms with E-state index in [4.69, 9.17) is 84.7 Å². The van der Waals surface area contributed by atoms with Gasteiger partial charge in [-0.25, -0.2) is 49.6 Å². The number of carbonyl (C=O) groups is 4. The molecule has 6 fully saturated rings. The normalized spacial score (nSPS) is 19.1. The molecular formula is C88H104Cl8I2N8O16S4. The molecule has 2 aromatic heterocycles. The first-order valence-electron chi connectivity index (χ1n) is 39.8. The topological polar surface area (TPSA) is 343 Å². The Morgan fingerprint density at radius 3 is 1.07 bits per heavy atom. The molecule has 4 bridgehead atoms. The molecule has 0 radical (unpaired) electrons. The predicted molar refractivity (Wildman–Crippen MR) is 526 cm³/mol. The van der Waals surface area contributed by atoms with Crippen molar-refractivity contribution in [2.75, 3.05) is 64.3 Å². The van der Waals surface area contributed by atoms with Crippen LogP contribution in [0.4, 0.5) is 0 Å². The van der Waals surface area contributed by atoms with E-state index in [2.05, 4.69) is 206 Å². The number of carboxylic acid groups (broad SMARTS) is 3. The van der Waals surface area contributed by atoms with E-state index >= 15 is 0 Å². The van der Waals surface area contributed by atoms with Crippen LogP contribution < -0.4 is 5.32 Å². The minimum atomic E-state index is -4.19. The van der Waals surface area contributed by atoms with E-state index in [0.29, 0.717) is 62.8 Å². The van der Waals surface area contributed by atoms with Crippen molar-refractivity contribution in [1.82, 2.24) is 39.1 Å². The minimum Gasteiger partial charge on any atom is -0.478 e. The molecule has 38 heteroatoms. The Morgan fingerprint density at radius 1 is 0.452 bits per heavy atom. The van der Waals surface area contributed by atoms with Crippen molar-refractivity contribution in [2.24, 2.45) is 0 Å². The molecule has 4 unspecified atom stereocenters. The molecule has 6 aliphatic heterocycles. The van der Waals surface area contributed by atoms with E-state index < -0.39 is 56.0 Å². The summed E-state index contributed by atoms with van der Waals surface area (Å²) in [5.41, 5.74) is 8.81. The van der Waals surface area contributed by atoms with Gasteiger partial charge in [0.25, 0.3) is 5.91 Å². The van der Waals surface area contributed by atoms with Crippen LogP contribution in [0.25, 0.3) is 22.1 Å². The lowest BCUT2D eigenvalue weighted by Gasteiger charge is -2.45. The maximum absolute atomic E-state index is 13.7. The summed E-state index contributed by atoms with van der Waals surface area (Å²) < 4.78 is 93.2. The number of carboxylic acids is 3. The highest BCUT2D eigenvalue weighted by Crippen LogP contribution is 2.48. The van der Waals surface area contributed by atoms with Crippen LogP contribution in [0.15, 0.2) is 205 Å². The van der Waals surface area contributed by atoms with Crippen LogP contribution in [-0.4, -0.2) is 200 Å². The number of fused-ring (bicyclic) bond motifs is 6. The van der Waals surface area contributed by atoms with Crippen LogP contribution in [0.3, 0.4) is 0 Å². The maximum atomic E-state index is 13.7. The monoisotopic (exact) mass is 2190 g/mol. The van der Waals surface area contributed by atoms with E-state index in [1.165, 1.54) is 141 Å². The number of para-hydroxylation sites is 4. The van der Waals surface area contributed by atoms with Gasteiger partial charge in [-0.15, -0.1) is 24.8 Å². The summed E-state index contributed by atoms with van der Waals surface area (Å²) in [6, 6.07) is 65.9. The number of hydrogen-bond acceptors (Lipinski definition) is 17. The summed E-state index contributed by atoms with van der Waals surface area (Å²) in [6.07, 6.45) is 21.0. The Balaban J connectivity index is 0.000000260. The number of halogens is 10. The molecule has 24 nitrogen and oxygen atoms in total. The summed E-state index contributed by atoms with van der Waals surface area (Å²) in [5, 5.41) is 30.6. The highest BCUT2D eigenvalue weighted by molar-refractivity contribution is 15.0. The molecule has 686 valence electrons. The molecule has 8 aromatic carbocycles. The molecule has 6 aliphatic rings. The first kappa shape index (κ1) is 109. The van der Waals surface area contributed by atoms with Crippen LogP contribution in [0, 0.1) is 13.8 Å². The van der Waals surface area contributed by atoms with Crippen LogP contribution in [0.2, 0.25) is 20.1 Å². The van der Waals surface area contributed by atoms with E-state index in [-0.39, 0.29) is 63.3 Å². The number of hydrogen-bond donors (Lipinski definition) is 5. The molecule has 5 N–H and O–H groups in total. The zero-order valence-electron chi connectivity index (χ0n) is 70.0. The Kier molecular flexibility index (Phi) is 43.2. The third-order valence-electron chi connectivity index (χ3n) is 22.8. The first-order chi connectivity index (χ1) is 58.5. The Labute approximate surface area is 802 Å². The lowest BCUT2D eigenvalue weighted by Crippen LogP contribution is -2.49. The van der Waals surface area contributed by atoms with Crippen molar-refractivity contribution >= 4 is 214 Å². The predicted octanol–water partition coefficient (Wildman–Crippen LogP) is 20.7. The van der Waals surface area contributed by atoms with Crippen LogP contribution in [0.1, 0.15) is 166 Å². The van der Waals surface area contributed by atoms with Gasteiger partial charge in [-0.3, -0.25) is 19.1 Å². The third-order valence-corrected chi connectivity index (χ3v) is 24.9. The molecule has 1 amide bonds. The van der Waals surface area contributed by atoms with Gasteiger partial charge in [-0.05, 0) is 249 Å². The number of imidazole rings is 2. The van der Waals surface area contributed by atoms with E-state index in [1.807, 2.05) is 4.90 Å². The number of benzene rings is 8. The fraction of sp³-hybridized carbons (Fsp3) is 0.386. The van der Waals surface area contributed by atoms with Gasteiger partial charge in [-0.1, -0.05) is 150 Å². The van der Waals surface area contributed by atoms with E-state index in [0.717, 1.165) is 106 Å². The summed E-state index contributed by atoms with van der Waals surface area (Å²) in [7, 11) is -5.07. The molecule has 6 saturated heterocycles. The second kappa shape index (κ2) is 50.0. The number of aromatic carboxylic acids is 3. The Morgan fingerprint density at radius 2 is 0.762 bits per heavy atom. The van der Waals surface area contributed by atoms with E-state index in [1.54, 1.807) is 42.0 Å². The molecule has 10 aromatic rings. The summed E-state index contributed by atoms with van der Waals surface area (Å²) >= 11 is 27.0. The van der Waals surface area contributed by atoms with Crippen molar-refractivity contribution < 1.29 is 72.7 Å². The molecular weight excluding hydrogens is 2090 g/mol. The minimum absolute atomic E-state index is 0. The number of rotatable bonds is 15. The van der Waals surface area contributed by atoms with Crippen molar-refractivity contribution in [2.45, 2.75) is 156 Å². The summed E-state index contributed by atoms with van der Waals surface area (Å²) in [6.45, 7) is 10.1. The zero-order valence-corrected chi connectivity index (χ0v) is 83.7. The van der Waals surface area contributed by atoms with Crippen LogP contribution in [-0.2, 0) is 48.9 Å². The fourth-order valence-electron chi connectivity index (χ4n) is 17.6. The number of nitrogens with zero attached hydrogens (tertiary/aromatic N) is 7. The lowest BCUT2D eigenvalue weighted by molar-refractivity contribution is 0.0601. The van der Waals surface area contributed by atoms with Crippen molar-refractivity contribution in [3.8, 4) is 0 Å². The molecule has 0 spiro atoms. The summed E-state index contributed by atoms with van der Waals surface area (Å²) in [5.74, 6) is -0.837.